The van der Waals surface area contributed by atoms with Gasteiger partial charge in [0.25, 0.3) is 5.89 Å². The number of rotatable bonds is 4. The Morgan fingerprint density at radius 2 is 1.81 bits per heavy atom. The van der Waals surface area contributed by atoms with E-state index >= 15 is 0 Å². The summed E-state index contributed by atoms with van der Waals surface area (Å²) in [6.07, 6.45) is 3.36. The first-order valence-corrected chi connectivity index (χ1v) is 6.29. The number of aromatic nitrogens is 3. The summed E-state index contributed by atoms with van der Waals surface area (Å²) in [4.78, 5) is 8.36. The fourth-order valence-electron chi connectivity index (χ4n) is 2.01. The first-order valence-electron chi connectivity index (χ1n) is 6.29. The first kappa shape index (κ1) is 13.1. The molecule has 0 aliphatic carbocycles. The van der Waals surface area contributed by atoms with Crippen LogP contribution in [0.15, 0.2) is 47.2 Å². The van der Waals surface area contributed by atoms with Crippen LogP contribution in [0.3, 0.4) is 0 Å². The summed E-state index contributed by atoms with van der Waals surface area (Å²) in [6, 6.07) is 9.12. The summed E-state index contributed by atoms with van der Waals surface area (Å²) >= 11 is 0. The quantitative estimate of drug-likeness (QED) is 0.733. The highest BCUT2D eigenvalue weighted by Gasteiger charge is 2.17. The second-order valence-electron chi connectivity index (χ2n) is 4.20. The van der Waals surface area contributed by atoms with E-state index < -0.39 is 0 Å². The summed E-state index contributed by atoms with van der Waals surface area (Å²) in [5.41, 5.74) is 1.52. The van der Waals surface area contributed by atoms with E-state index in [-0.39, 0.29) is 0 Å². The number of ether oxygens (including phenoxy) is 2. The molecular weight excluding hydrogens is 270 g/mol. The molecule has 0 aliphatic rings. The molecule has 21 heavy (non-hydrogen) atoms. The van der Waals surface area contributed by atoms with Crippen molar-refractivity contribution in [3.63, 3.8) is 0 Å². The van der Waals surface area contributed by atoms with Crippen LogP contribution in [0.5, 0.6) is 11.5 Å². The van der Waals surface area contributed by atoms with Crippen molar-refractivity contribution in [1.29, 1.82) is 0 Å². The molecule has 2 aromatic heterocycles. The summed E-state index contributed by atoms with van der Waals surface area (Å²) in [5.74, 6) is 2.04. The summed E-state index contributed by atoms with van der Waals surface area (Å²) < 4.78 is 16.0. The van der Waals surface area contributed by atoms with Crippen molar-refractivity contribution in [3.05, 3.63) is 42.7 Å². The molecule has 3 rings (SSSR count). The number of nitrogens with zero attached hydrogens (tertiary/aromatic N) is 3. The average molecular weight is 283 g/mol. The van der Waals surface area contributed by atoms with Gasteiger partial charge in [-0.25, -0.2) is 0 Å². The standard InChI is InChI=1S/C15H13N3O3/c1-19-12-5-3-4-11(13(12)20-2)15-17-14(18-21-15)10-6-8-16-9-7-10/h3-9H,1-2H3. The molecule has 2 heterocycles. The van der Waals surface area contributed by atoms with Crippen LogP contribution in [0.1, 0.15) is 0 Å². The van der Waals surface area contributed by atoms with Gasteiger partial charge in [-0.15, -0.1) is 0 Å². The Balaban J connectivity index is 2.05. The number of para-hydroxylation sites is 1. The van der Waals surface area contributed by atoms with E-state index in [0.29, 0.717) is 28.8 Å². The lowest BCUT2D eigenvalue weighted by Crippen LogP contribution is -1.93. The van der Waals surface area contributed by atoms with E-state index in [2.05, 4.69) is 15.1 Å². The summed E-state index contributed by atoms with van der Waals surface area (Å²) in [6.45, 7) is 0. The molecule has 106 valence electrons. The molecule has 0 saturated heterocycles. The Kier molecular flexibility index (Phi) is 3.51. The fourth-order valence-corrected chi connectivity index (χ4v) is 2.01. The Morgan fingerprint density at radius 3 is 2.52 bits per heavy atom. The number of hydrogen-bond acceptors (Lipinski definition) is 6. The van der Waals surface area contributed by atoms with Gasteiger partial charge >= 0.3 is 0 Å². The molecule has 0 spiro atoms. The van der Waals surface area contributed by atoms with Crippen LogP contribution in [-0.4, -0.2) is 29.3 Å². The molecule has 0 N–H and O–H groups in total. The van der Waals surface area contributed by atoms with Gasteiger partial charge in [0.15, 0.2) is 11.5 Å². The van der Waals surface area contributed by atoms with Gasteiger partial charge in [0, 0.05) is 18.0 Å². The average Bonchev–Trinajstić information content (AvgIpc) is 3.04. The van der Waals surface area contributed by atoms with Gasteiger partial charge in [0.1, 0.15) is 0 Å². The second-order valence-corrected chi connectivity index (χ2v) is 4.20. The lowest BCUT2D eigenvalue weighted by atomic mass is 10.2. The molecule has 0 atom stereocenters. The van der Waals surface area contributed by atoms with Gasteiger partial charge < -0.3 is 14.0 Å². The van der Waals surface area contributed by atoms with E-state index in [0.717, 1.165) is 5.56 Å². The Labute approximate surface area is 121 Å². The topological polar surface area (TPSA) is 70.3 Å². The second kappa shape index (κ2) is 5.62. The van der Waals surface area contributed by atoms with Gasteiger partial charge in [-0.05, 0) is 24.3 Å². The molecular formula is C15H13N3O3. The number of pyridine rings is 1. The van der Waals surface area contributed by atoms with E-state index in [1.54, 1.807) is 26.6 Å². The first-order chi connectivity index (χ1) is 10.3. The van der Waals surface area contributed by atoms with Crippen LogP contribution in [0.25, 0.3) is 22.8 Å². The minimum atomic E-state index is 0.373. The van der Waals surface area contributed by atoms with Crippen molar-refractivity contribution < 1.29 is 14.0 Å². The maximum Gasteiger partial charge on any atom is 0.262 e. The van der Waals surface area contributed by atoms with Gasteiger partial charge in [-0.3, -0.25) is 4.98 Å². The molecule has 6 nitrogen and oxygen atoms in total. The Hall–Kier alpha value is -2.89. The van der Waals surface area contributed by atoms with Crippen LogP contribution in [0, 0.1) is 0 Å². The van der Waals surface area contributed by atoms with Crippen LogP contribution >= 0.6 is 0 Å². The third-order valence-corrected chi connectivity index (χ3v) is 3.00. The van der Waals surface area contributed by atoms with E-state index in [1.807, 2.05) is 30.3 Å². The SMILES string of the molecule is COc1cccc(-c2nc(-c3ccncc3)no2)c1OC. The third kappa shape index (κ3) is 2.43. The Bertz CT molecular complexity index is 741. The number of methoxy groups -OCH3 is 2. The monoisotopic (exact) mass is 283 g/mol. The van der Waals surface area contributed by atoms with Crippen molar-refractivity contribution in [2.75, 3.05) is 14.2 Å². The molecule has 0 radical (unpaired) electrons. The summed E-state index contributed by atoms with van der Waals surface area (Å²) in [7, 11) is 3.15. The van der Waals surface area contributed by atoms with E-state index in [9.17, 15) is 0 Å². The molecule has 3 aromatic rings. The highest BCUT2D eigenvalue weighted by molar-refractivity contribution is 5.69. The molecule has 0 saturated carbocycles. The predicted molar refractivity (Wildman–Crippen MR) is 76.1 cm³/mol. The fraction of sp³-hybridized carbons (Fsp3) is 0.133. The van der Waals surface area contributed by atoms with E-state index in [4.69, 9.17) is 14.0 Å². The van der Waals surface area contributed by atoms with Gasteiger partial charge in [0.05, 0.1) is 19.8 Å². The minimum absolute atomic E-state index is 0.373. The zero-order valence-electron chi connectivity index (χ0n) is 11.6. The molecule has 0 fully saturated rings. The largest absolute Gasteiger partial charge is 0.493 e. The normalized spacial score (nSPS) is 10.4. The molecule has 6 heteroatoms. The van der Waals surface area contributed by atoms with Crippen molar-refractivity contribution in [2.45, 2.75) is 0 Å². The van der Waals surface area contributed by atoms with Crippen molar-refractivity contribution in [2.24, 2.45) is 0 Å². The third-order valence-electron chi connectivity index (χ3n) is 3.00. The molecule has 0 aliphatic heterocycles. The zero-order chi connectivity index (χ0) is 14.7. The predicted octanol–water partition coefficient (Wildman–Crippen LogP) is 2.82. The highest BCUT2D eigenvalue weighted by Crippen LogP contribution is 2.37. The minimum Gasteiger partial charge on any atom is -0.493 e. The number of hydrogen-bond donors (Lipinski definition) is 0. The van der Waals surface area contributed by atoms with Crippen LogP contribution in [0.2, 0.25) is 0 Å². The maximum atomic E-state index is 5.37. The molecule has 0 amide bonds. The van der Waals surface area contributed by atoms with Crippen molar-refractivity contribution >= 4 is 0 Å². The van der Waals surface area contributed by atoms with E-state index in [1.165, 1.54) is 0 Å². The van der Waals surface area contributed by atoms with Crippen molar-refractivity contribution in [3.8, 4) is 34.3 Å². The smallest absolute Gasteiger partial charge is 0.262 e. The van der Waals surface area contributed by atoms with Gasteiger partial charge in [-0.2, -0.15) is 4.98 Å². The van der Waals surface area contributed by atoms with Gasteiger partial charge in [-0.1, -0.05) is 11.2 Å². The van der Waals surface area contributed by atoms with Crippen LogP contribution in [-0.2, 0) is 0 Å². The number of benzene rings is 1. The lowest BCUT2D eigenvalue weighted by Gasteiger charge is -2.09. The van der Waals surface area contributed by atoms with Crippen LogP contribution in [0.4, 0.5) is 0 Å². The van der Waals surface area contributed by atoms with Gasteiger partial charge in [0.2, 0.25) is 5.82 Å². The highest BCUT2D eigenvalue weighted by atomic mass is 16.5. The zero-order valence-corrected chi connectivity index (χ0v) is 11.6. The lowest BCUT2D eigenvalue weighted by molar-refractivity contribution is 0.353. The summed E-state index contributed by atoms with van der Waals surface area (Å²) in [5, 5.41) is 3.98. The molecule has 1 aromatic carbocycles. The molecule has 0 bridgehead atoms. The van der Waals surface area contributed by atoms with Crippen LogP contribution < -0.4 is 9.47 Å². The maximum absolute atomic E-state index is 5.37. The van der Waals surface area contributed by atoms with Crippen molar-refractivity contribution in [1.82, 2.24) is 15.1 Å². The Morgan fingerprint density at radius 1 is 1.00 bits per heavy atom. The molecule has 0 unspecified atom stereocenters.